The number of esters is 1. The smallest absolute Gasteiger partial charge is 0.778 e. The monoisotopic (exact) mass is 410 g/mol. The van der Waals surface area contributed by atoms with Gasteiger partial charge >= 0.3 is 35.5 Å². The van der Waals surface area contributed by atoms with E-state index in [-0.39, 0.29) is 60.8 Å². The summed E-state index contributed by atoms with van der Waals surface area (Å²) in [6.45, 7) is 2.52. The molecule has 0 radical (unpaired) electrons. The van der Waals surface area contributed by atoms with E-state index in [0.29, 0.717) is 6.42 Å². The number of unbranched alkanes of at least 4 members (excludes halogenated alkanes) is 9. The second kappa shape index (κ2) is 17.2. The molecular weight excluding hydrogens is 374 g/mol. The van der Waals surface area contributed by atoms with Crippen LogP contribution < -0.4 is 34.5 Å². The topological polar surface area (TPSA) is 75.7 Å². The van der Waals surface area contributed by atoms with E-state index in [1.165, 1.54) is 44.9 Å². The fourth-order valence-electron chi connectivity index (χ4n) is 3.01. The normalized spacial score (nSPS) is 22.1. The number of hydrogen-bond acceptors (Lipinski definition) is 5. The van der Waals surface area contributed by atoms with Crippen LogP contribution >= 0.6 is 7.60 Å². The van der Waals surface area contributed by atoms with Crippen LogP contribution in [0.5, 0.6) is 0 Å². The summed E-state index contributed by atoms with van der Waals surface area (Å²) in [6, 6.07) is 0. The van der Waals surface area contributed by atoms with Gasteiger partial charge in [-0.3, -0.25) is 4.79 Å². The van der Waals surface area contributed by atoms with E-state index in [1.807, 2.05) is 0 Å². The Balaban J connectivity index is 0.00000676. The predicted molar refractivity (Wildman–Crippen MR) is 103 cm³/mol. The fraction of sp³-hybridized carbons (Fsp3) is 0.850. The number of hydrogen-bond donors (Lipinski definition) is 0. The van der Waals surface area contributed by atoms with E-state index in [0.717, 1.165) is 25.7 Å². The first kappa shape index (κ1) is 27.4. The maximum absolute atomic E-state index is 11.6. The minimum absolute atomic E-state index is 0. The van der Waals surface area contributed by atoms with Crippen LogP contribution in [0.15, 0.2) is 12.2 Å². The molecule has 0 aliphatic carbocycles. The molecule has 0 saturated carbocycles. The standard InChI is InChI=1S/C20H37O5P.Na/c1-2-3-4-5-6-7-8-9-10-11-12-13-14-15-20(21)24-16-19-17-25-26(22,23)18-19;/h7-8,19H,2-6,9-18H2,1H3,(H,22,23);/q;+1/p-1/b8-7-;. The van der Waals surface area contributed by atoms with Gasteiger partial charge in [0.2, 0.25) is 0 Å². The van der Waals surface area contributed by atoms with Crippen molar-refractivity contribution in [3.05, 3.63) is 12.2 Å². The number of allylic oxidation sites excluding steroid dienone is 2. The van der Waals surface area contributed by atoms with Crippen molar-refractivity contribution in [1.29, 1.82) is 0 Å². The first-order valence-corrected chi connectivity index (χ1v) is 12.0. The summed E-state index contributed by atoms with van der Waals surface area (Å²) in [5.74, 6) is -0.439. The minimum Gasteiger partial charge on any atom is -0.778 e. The van der Waals surface area contributed by atoms with E-state index in [1.54, 1.807) is 0 Å². The van der Waals surface area contributed by atoms with Gasteiger partial charge < -0.3 is 18.7 Å². The van der Waals surface area contributed by atoms with Gasteiger partial charge in [-0.1, -0.05) is 57.6 Å². The number of ether oxygens (including phenoxy) is 1. The Morgan fingerprint density at radius 3 is 2.26 bits per heavy atom. The summed E-state index contributed by atoms with van der Waals surface area (Å²) in [4.78, 5) is 22.8. The maximum atomic E-state index is 11.6. The average Bonchev–Trinajstić information content (AvgIpc) is 2.96. The summed E-state index contributed by atoms with van der Waals surface area (Å²) < 4.78 is 21.0. The third kappa shape index (κ3) is 15.9. The quantitative estimate of drug-likeness (QED) is 0.136. The van der Waals surface area contributed by atoms with Gasteiger partial charge in [0.15, 0.2) is 0 Å². The van der Waals surface area contributed by atoms with Crippen LogP contribution in [0.4, 0.5) is 0 Å². The molecular formula is C20H36NaO5P. The molecule has 1 saturated heterocycles. The Morgan fingerprint density at radius 2 is 1.67 bits per heavy atom. The van der Waals surface area contributed by atoms with Crippen LogP contribution in [0.2, 0.25) is 0 Å². The second-order valence-corrected chi connectivity index (χ2v) is 9.11. The van der Waals surface area contributed by atoms with E-state index < -0.39 is 7.60 Å². The molecule has 0 amide bonds. The Kier molecular flexibility index (Phi) is 17.5. The summed E-state index contributed by atoms with van der Waals surface area (Å²) in [5, 5.41) is 0. The van der Waals surface area contributed by atoms with E-state index in [9.17, 15) is 14.3 Å². The van der Waals surface area contributed by atoms with Crippen molar-refractivity contribution in [2.45, 2.75) is 84.0 Å². The van der Waals surface area contributed by atoms with Gasteiger partial charge in [0.05, 0.1) is 13.2 Å². The molecule has 0 bridgehead atoms. The Labute approximate surface area is 187 Å². The minimum atomic E-state index is -3.66. The van der Waals surface area contributed by atoms with Gasteiger partial charge in [0, 0.05) is 18.5 Å². The zero-order valence-corrected chi connectivity index (χ0v) is 20.2. The van der Waals surface area contributed by atoms with Crippen LogP contribution in [0.25, 0.3) is 0 Å². The average molecular weight is 410 g/mol. The van der Waals surface area contributed by atoms with Gasteiger partial charge in [-0.25, -0.2) is 0 Å². The molecule has 1 aliphatic rings. The van der Waals surface area contributed by atoms with Crippen molar-refractivity contribution in [3.63, 3.8) is 0 Å². The number of carbonyl (C=O) groups excluding carboxylic acids is 1. The van der Waals surface area contributed by atoms with Crippen molar-refractivity contribution in [3.8, 4) is 0 Å². The summed E-state index contributed by atoms with van der Waals surface area (Å²) in [5.41, 5.74) is 0. The van der Waals surface area contributed by atoms with Crippen molar-refractivity contribution in [2.75, 3.05) is 19.4 Å². The Bertz CT molecular complexity index is 456. The molecule has 2 atom stereocenters. The summed E-state index contributed by atoms with van der Waals surface area (Å²) in [6.07, 6.45) is 18.1. The number of rotatable bonds is 15. The molecule has 0 N–H and O–H groups in total. The molecule has 152 valence electrons. The van der Waals surface area contributed by atoms with Crippen LogP contribution in [0, 0.1) is 5.92 Å². The van der Waals surface area contributed by atoms with E-state index in [4.69, 9.17) is 4.74 Å². The SMILES string of the molecule is CCCCCC/C=C\CCCCCCCC(=O)OCC1COP(=O)([O-])C1.[Na+]. The summed E-state index contributed by atoms with van der Waals surface area (Å²) in [7, 11) is -3.66. The first-order valence-electron chi connectivity index (χ1n) is 10.3. The Hall–Kier alpha value is 0.360. The Morgan fingerprint density at radius 1 is 1.07 bits per heavy atom. The van der Waals surface area contributed by atoms with E-state index >= 15 is 0 Å². The van der Waals surface area contributed by atoms with Crippen molar-refractivity contribution >= 4 is 13.6 Å². The van der Waals surface area contributed by atoms with Crippen LogP contribution in [0.3, 0.4) is 0 Å². The molecule has 0 aromatic carbocycles. The van der Waals surface area contributed by atoms with Gasteiger partial charge in [0.1, 0.15) is 7.60 Å². The molecule has 1 aliphatic heterocycles. The molecule has 0 aromatic heterocycles. The zero-order valence-electron chi connectivity index (χ0n) is 17.3. The predicted octanol–water partition coefficient (Wildman–Crippen LogP) is 1.99. The molecule has 1 heterocycles. The second-order valence-electron chi connectivity index (χ2n) is 7.27. The van der Waals surface area contributed by atoms with Crippen LogP contribution in [0.1, 0.15) is 84.0 Å². The maximum Gasteiger partial charge on any atom is 1.00 e. The molecule has 1 rings (SSSR count). The van der Waals surface area contributed by atoms with Crippen molar-refractivity contribution in [2.24, 2.45) is 5.92 Å². The van der Waals surface area contributed by atoms with Crippen LogP contribution in [-0.4, -0.2) is 25.3 Å². The molecule has 5 nitrogen and oxygen atoms in total. The van der Waals surface area contributed by atoms with Gasteiger partial charge in [-0.2, -0.15) is 0 Å². The van der Waals surface area contributed by atoms with Gasteiger partial charge in [-0.05, 0) is 32.1 Å². The molecule has 0 aromatic rings. The van der Waals surface area contributed by atoms with Gasteiger partial charge in [0.25, 0.3) is 0 Å². The number of carbonyl (C=O) groups is 1. The molecule has 1 fully saturated rings. The fourth-order valence-corrected chi connectivity index (χ4v) is 4.40. The molecule has 2 unspecified atom stereocenters. The largest absolute Gasteiger partial charge is 1.00 e. The van der Waals surface area contributed by atoms with Crippen molar-refractivity contribution < 1.29 is 53.1 Å². The molecule has 0 spiro atoms. The third-order valence-electron chi connectivity index (χ3n) is 4.61. The molecule has 7 heteroatoms. The first-order chi connectivity index (χ1) is 12.5. The zero-order chi connectivity index (χ0) is 19.1. The third-order valence-corrected chi connectivity index (χ3v) is 6.12. The van der Waals surface area contributed by atoms with Gasteiger partial charge in [-0.15, -0.1) is 0 Å². The summed E-state index contributed by atoms with van der Waals surface area (Å²) >= 11 is 0. The van der Waals surface area contributed by atoms with E-state index in [2.05, 4.69) is 23.6 Å². The van der Waals surface area contributed by atoms with Crippen LogP contribution in [-0.2, 0) is 18.6 Å². The van der Waals surface area contributed by atoms with Crippen molar-refractivity contribution in [1.82, 2.24) is 0 Å². The molecule has 27 heavy (non-hydrogen) atoms.